The van der Waals surface area contributed by atoms with Crippen LogP contribution in [-0.2, 0) is 25.9 Å². The maximum Gasteiger partial charge on any atom is 0.389 e. The largest absolute Gasteiger partial charge is 0.436 e. The van der Waals surface area contributed by atoms with Crippen LogP contribution in [0.5, 0.6) is 0 Å². The molecule has 3 aromatic rings. The zero-order valence-electron chi connectivity index (χ0n) is 30.4. The maximum absolute atomic E-state index is 9.15. The number of hydrogen-bond donors (Lipinski definition) is 2. The molecule has 2 N–H and O–H groups in total. The molecule has 0 aliphatic heterocycles. The number of rotatable bonds is 24. The molecule has 0 aromatic heterocycles. The minimum absolute atomic E-state index is 0.0133. The van der Waals surface area contributed by atoms with Crippen LogP contribution in [0.4, 0.5) is 0 Å². The number of aliphatic hydroxyl groups is 2. The van der Waals surface area contributed by atoms with E-state index in [1.807, 2.05) is 60.3 Å². The van der Waals surface area contributed by atoms with Crippen LogP contribution < -0.4 is 15.6 Å². The molecule has 49 heavy (non-hydrogen) atoms. The Morgan fingerprint density at radius 2 is 0.939 bits per heavy atom. The lowest BCUT2D eigenvalue weighted by atomic mass is 10.4. The molecule has 0 aliphatic rings. The van der Waals surface area contributed by atoms with Gasteiger partial charge in [-0.05, 0) is 85.5 Å². The summed E-state index contributed by atoms with van der Waals surface area (Å²) in [6.45, 7) is 19.5. The molecule has 1 unspecified atom stereocenters. The van der Waals surface area contributed by atoms with Crippen LogP contribution in [0.3, 0.4) is 0 Å². The summed E-state index contributed by atoms with van der Waals surface area (Å²) in [5.74, 6) is 0. The van der Waals surface area contributed by atoms with Gasteiger partial charge in [0, 0.05) is 13.2 Å². The Morgan fingerprint density at radius 3 is 1.35 bits per heavy atom. The Bertz CT molecular complexity index is 1330. The average molecular weight is 759 g/mol. The summed E-state index contributed by atoms with van der Waals surface area (Å²) in [6.07, 6.45) is 1.68. The van der Waals surface area contributed by atoms with Crippen molar-refractivity contribution in [2.45, 2.75) is 64.2 Å². The molecule has 3 aromatic carbocycles. The zero-order chi connectivity index (χ0) is 35.9. The van der Waals surface area contributed by atoms with Crippen LogP contribution in [0.15, 0.2) is 103 Å². The molecule has 0 heterocycles. The van der Waals surface area contributed by atoms with E-state index in [0.717, 1.165) is 40.5 Å². The first-order valence-corrected chi connectivity index (χ1v) is 30.1. The molecule has 0 radical (unpaired) electrons. The first-order chi connectivity index (χ1) is 23.3. The van der Waals surface area contributed by atoms with E-state index >= 15 is 0 Å². The summed E-state index contributed by atoms with van der Waals surface area (Å²) in [5.41, 5.74) is 1.93. The van der Waals surface area contributed by atoms with Crippen molar-refractivity contribution in [1.29, 1.82) is 0 Å². The van der Waals surface area contributed by atoms with Gasteiger partial charge >= 0.3 is 25.7 Å². The lowest BCUT2D eigenvalue weighted by molar-refractivity contribution is 0.0923. The third-order valence-corrected chi connectivity index (χ3v) is 28.1. The minimum atomic E-state index is -3.58. The van der Waals surface area contributed by atoms with E-state index < -0.39 is 42.3 Å². The van der Waals surface area contributed by atoms with Crippen molar-refractivity contribution < 1.29 is 36.1 Å². The second kappa shape index (κ2) is 19.7. The summed E-state index contributed by atoms with van der Waals surface area (Å²) in [6, 6.07) is 32.6. The van der Waals surface area contributed by atoms with Gasteiger partial charge in [0.1, 0.15) is 0 Å². The lowest BCUT2D eigenvalue weighted by Gasteiger charge is -2.46. The maximum atomic E-state index is 9.15. The Hall–Kier alpha value is -1.84. The van der Waals surface area contributed by atoms with E-state index in [9.17, 15) is 0 Å². The molecule has 3 rings (SSSR count). The van der Waals surface area contributed by atoms with Gasteiger partial charge in [0.2, 0.25) is 0 Å². The monoisotopic (exact) mass is 758 g/mol. The number of benzene rings is 3. The molecule has 0 saturated heterocycles. The Morgan fingerprint density at radius 1 is 0.531 bits per heavy atom. The second-order valence-corrected chi connectivity index (χ2v) is 32.6. The van der Waals surface area contributed by atoms with Crippen molar-refractivity contribution >= 4 is 57.9 Å². The molecule has 13 heteroatoms. The van der Waals surface area contributed by atoms with Gasteiger partial charge in [-0.1, -0.05) is 91.0 Å². The van der Waals surface area contributed by atoms with Gasteiger partial charge < -0.3 is 36.1 Å². The normalized spacial score (nSPS) is 14.0. The Balaban J connectivity index is 2.14. The lowest BCUT2D eigenvalue weighted by Crippen LogP contribution is -2.75. The van der Waals surface area contributed by atoms with E-state index in [0.29, 0.717) is 26.4 Å². The molecule has 0 spiro atoms. The smallest absolute Gasteiger partial charge is 0.389 e. The van der Waals surface area contributed by atoms with Crippen molar-refractivity contribution in [3.8, 4) is 0 Å². The fourth-order valence-electron chi connectivity index (χ4n) is 6.04. The summed E-state index contributed by atoms with van der Waals surface area (Å²) < 4.78 is 41.0. The fraction of sp³-hybridized carbons (Fsp3) is 0.444. The summed E-state index contributed by atoms with van der Waals surface area (Å²) in [7, 11) is -14.5. The van der Waals surface area contributed by atoms with Gasteiger partial charge in [0.05, 0.1) is 26.4 Å². The van der Waals surface area contributed by atoms with Crippen molar-refractivity contribution in [2.24, 2.45) is 0 Å². The summed E-state index contributed by atoms with van der Waals surface area (Å²) in [5, 5.41) is 21.2. The van der Waals surface area contributed by atoms with Crippen molar-refractivity contribution in [1.82, 2.24) is 0 Å². The second-order valence-electron chi connectivity index (χ2n) is 13.8. The highest BCUT2D eigenvalue weighted by atomic mass is 28.5. The standard InChI is InChI=1S/C36H58O8Si5/c1-8-48(34-20-12-9-13-21-34,42-46(4,5)33-19-29-40-31-27-38)44-49(35-22-14-10-15-23-35,36-24-16-11-17-25-36)43-47(6,7)41-45(2,3)32-18-28-39-30-26-37/h8-17,20-25,37-38H,1,18-19,26-33H2,2-7H3. The first-order valence-electron chi connectivity index (χ1n) is 17.3. The van der Waals surface area contributed by atoms with E-state index in [1.54, 1.807) is 0 Å². The third-order valence-electron chi connectivity index (χ3n) is 7.99. The van der Waals surface area contributed by atoms with Gasteiger partial charge in [-0.3, -0.25) is 0 Å². The third kappa shape index (κ3) is 13.0. The van der Waals surface area contributed by atoms with Crippen molar-refractivity contribution in [3.63, 3.8) is 0 Å². The highest BCUT2D eigenvalue weighted by Gasteiger charge is 2.56. The molecular weight excluding hydrogens is 701 g/mol. The molecule has 0 aliphatic carbocycles. The number of ether oxygens (including phenoxy) is 2. The van der Waals surface area contributed by atoms with Gasteiger partial charge in [0.15, 0.2) is 16.6 Å². The van der Waals surface area contributed by atoms with Crippen molar-refractivity contribution in [3.05, 3.63) is 103 Å². The van der Waals surface area contributed by atoms with Crippen LogP contribution in [0.25, 0.3) is 0 Å². The average Bonchev–Trinajstić information content (AvgIpc) is 3.08. The Labute approximate surface area is 300 Å². The zero-order valence-corrected chi connectivity index (χ0v) is 35.4. The number of aliphatic hydroxyl groups excluding tert-OH is 2. The van der Waals surface area contributed by atoms with E-state index in [2.05, 4.69) is 82.3 Å². The fourth-order valence-corrected chi connectivity index (χ4v) is 29.5. The quantitative estimate of drug-likeness (QED) is 0.0941. The van der Waals surface area contributed by atoms with Crippen LogP contribution in [0.1, 0.15) is 12.8 Å². The van der Waals surface area contributed by atoms with E-state index in [1.165, 1.54) is 0 Å². The predicted octanol–water partition coefficient (Wildman–Crippen LogP) is 5.29. The SMILES string of the molecule is C=C[Si](O[Si](C)(C)CCCOCCO)(O[Si](O[Si](C)(C)O[Si](C)(C)CCCOCCO)(c1ccccc1)c1ccccc1)c1ccccc1. The van der Waals surface area contributed by atoms with Gasteiger partial charge in [-0.25, -0.2) is 0 Å². The summed E-state index contributed by atoms with van der Waals surface area (Å²) in [4.78, 5) is 0. The molecule has 0 fully saturated rings. The topological polar surface area (TPSA) is 95.8 Å². The van der Waals surface area contributed by atoms with Gasteiger partial charge in [0.25, 0.3) is 0 Å². The van der Waals surface area contributed by atoms with Gasteiger partial charge in [-0.2, -0.15) is 0 Å². The molecule has 0 saturated carbocycles. The highest BCUT2D eigenvalue weighted by molar-refractivity contribution is 7.06. The Kier molecular flexibility index (Phi) is 16.7. The van der Waals surface area contributed by atoms with Gasteiger partial charge in [-0.15, -0.1) is 6.58 Å². The summed E-state index contributed by atoms with van der Waals surface area (Å²) >= 11 is 0. The molecular formula is C36H58O8Si5. The molecule has 1 atom stereocenters. The van der Waals surface area contributed by atoms with Crippen molar-refractivity contribution in [2.75, 3.05) is 39.6 Å². The van der Waals surface area contributed by atoms with E-state index in [-0.39, 0.29) is 13.2 Å². The first kappa shape index (κ1) is 41.6. The predicted molar refractivity (Wildman–Crippen MR) is 211 cm³/mol. The van der Waals surface area contributed by atoms with Crippen LogP contribution in [-0.4, -0.2) is 92.2 Å². The van der Waals surface area contributed by atoms with Crippen LogP contribution in [0.2, 0.25) is 51.4 Å². The van der Waals surface area contributed by atoms with Crippen LogP contribution in [0, 0.1) is 0 Å². The molecule has 0 bridgehead atoms. The van der Waals surface area contributed by atoms with E-state index in [4.69, 9.17) is 36.1 Å². The molecule has 0 amide bonds. The highest BCUT2D eigenvalue weighted by Crippen LogP contribution is 2.30. The number of hydrogen-bond acceptors (Lipinski definition) is 8. The molecule has 270 valence electrons. The minimum Gasteiger partial charge on any atom is -0.436 e. The molecule has 8 nitrogen and oxygen atoms in total. The van der Waals surface area contributed by atoms with Crippen LogP contribution >= 0.6 is 0 Å².